The predicted molar refractivity (Wildman–Crippen MR) is 76.1 cm³/mol. The third-order valence-corrected chi connectivity index (χ3v) is 3.39. The monoisotopic (exact) mass is 359 g/mol. The molecular weight excluding hydrogens is 347 g/mol. The molecule has 8 nitrogen and oxygen atoms in total. The van der Waals surface area contributed by atoms with Crippen LogP contribution in [0.25, 0.3) is 0 Å². The summed E-state index contributed by atoms with van der Waals surface area (Å²) in [4.78, 5) is 13.8. The average molecular weight is 359 g/mol. The largest absolute Gasteiger partial charge is 0.573 e. The number of alkyl halides is 3. The third-order valence-electron chi connectivity index (χ3n) is 3.39. The number of halogens is 3. The molecule has 3 rings (SSSR count). The molecule has 0 saturated heterocycles. The second-order valence-corrected chi connectivity index (χ2v) is 5.19. The van der Waals surface area contributed by atoms with Crippen LogP contribution in [0.2, 0.25) is 0 Å². The number of hydrogen-bond acceptors (Lipinski definition) is 6. The van der Waals surface area contributed by atoms with E-state index in [1.54, 1.807) is 6.07 Å². The highest BCUT2D eigenvalue weighted by Gasteiger charge is 2.32. The normalized spacial score (nSPS) is 16.8. The number of para-hydroxylation sites is 1. The van der Waals surface area contributed by atoms with Gasteiger partial charge in [0.05, 0.1) is 13.2 Å². The highest BCUT2D eigenvalue weighted by atomic mass is 19.4. The van der Waals surface area contributed by atoms with Crippen LogP contribution in [0.1, 0.15) is 5.56 Å². The van der Waals surface area contributed by atoms with E-state index >= 15 is 0 Å². The molecule has 25 heavy (non-hydrogen) atoms. The Labute approximate surface area is 138 Å². The van der Waals surface area contributed by atoms with Gasteiger partial charge < -0.3 is 24.3 Å². The van der Waals surface area contributed by atoms with Crippen molar-refractivity contribution in [2.75, 3.05) is 6.61 Å². The zero-order chi connectivity index (χ0) is 18.0. The number of rotatable bonds is 5. The topological polar surface area (TPSA) is 88.7 Å². The van der Waals surface area contributed by atoms with E-state index in [1.165, 1.54) is 29.0 Å². The van der Waals surface area contributed by atoms with Gasteiger partial charge in [0.15, 0.2) is 0 Å². The molecule has 0 bridgehead atoms. The summed E-state index contributed by atoms with van der Waals surface area (Å²) in [5.74, 6) is -0.690. The quantitative estimate of drug-likeness (QED) is 0.602. The van der Waals surface area contributed by atoms with Gasteiger partial charge >= 0.3 is 18.2 Å². The lowest BCUT2D eigenvalue weighted by Gasteiger charge is -2.23. The first kappa shape index (κ1) is 17.0. The summed E-state index contributed by atoms with van der Waals surface area (Å²) < 4.78 is 53.4. The van der Waals surface area contributed by atoms with Gasteiger partial charge in [-0.15, -0.1) is 13.2 Å². The molecule has 0 saturated carbocycles. The standard InChI is InChI=1S/C14H12F3N3O5/c15-14(16,17)25-11-4-2-1-3-9(11)7-23-10-5-19-6-12(20(21)22)18-13(19)24-8-10/h1-4,6,10H,5,7-8H2/t10-/m1/s1. The van der Waals surface area contributed by atoms with Gasteiger partial charge in [0.1, 0.15) is 24.7 Å². The predicted octanol–water partition coefficient (Wildman–Crippen LogP) is 2.67. The molecule has 11 heteroatoms. The summed E-state index contributed by atoms with van der Waals surface area (Å²) in [6.45, 7) is 0.182. The van der Waals surface area contributed by atoms with Crippen molar-refractivity contribution < 1.29 is 32.3 Å². The number of benzene rings is 1. The summed E-state index contributed by atoms with van der Waals surface area (Å²) in [5.41, 5.74) is 0.224. The van der Waals surface area contributed by atoms with Crippen LogP contribution in [-0.2, 0) is 17.9 Å². The van der Waals surface area contributed by atoms with E-state index < -0.39 is 17.4 Å². The molecule has 0 spiro atoms. The highest BCUT2D eigenvalue weighted by Crippen LogP contribution is 2.28. The highest BCUT2D eigenvalue weighted by molar-refractivity contribution is 5.33. The zero-order valence-corrected chi connectivity index (χ0v) is 12.6. The van der Waals surface area contributed by atoms with Gasteiger partial charge in [-0.25, -0.2) is 0 Å². The molecule has 0 aliphatic carbocycles. The minimum absolute atomic E-state index is 0.0798. The van der Waals surface area contributed by atoms with Crippen LogP contribution in [0.15, 0.2) is 30.5 Å². The molecule has 1 aromatic carbocycles. The fourth-order valence-corrected chi connectivity index (χ4v) is 2.31. The molecule has 0 fully saturated rings. The van der Waals surface area contributed by atoms with Crippen LogP contribution in [0.4, 0.5) is 19.0 Å². The lowest BCUT2D eigenvalue weighted by Crippen LogP contribution is -2.32. The van der Waals surface area contributed by atoms with E-state index in [2.05, 4.69) is 9.72 Å². The van der Waals surface area contributed by atoms with Gasteiger partial charge in [-0.2, -0.15) is 0 Å². The summed E-state index contributed by atoms with van der Waals surface area (Å²) in [6, 6.07) is 5.74. The maximum Gasteiger partial charge on any atom is 0.573 e. The van der Waals surface area contributed by atoms with E-state index in [0.29, 0.717) is 0 Å². The summed E-state index contributed by atoms with van der Waals surface area (Å²) in [7, 11) is 0. The number of hydrogen-bond donors (Lipinski definition) is 0. The second-order valence-electron chi connectivity index (χ2n) is 5.19. The molecule has 2 heterocycles. The Hall–Kier alpha value is -2.82. The van der Waals surface area contributed by atoms with Gasteiger partial charge in [0, 0.05) is 10.5 Å². The fourth-order valence-electron chi connectivity index (χ4n) is 2.31. The maximum absolute atomic E-state index is 12.4. The van der Waals surface area contributed by atoms with Crippen LogP contribution in [-0.4, -0.2) is 33.5 Å². The van der Waals surface area contributed by atoms with E-state index in [-0.39, 0.29) is 42.9 Å². The van der Waals surface area contributed by atoms with Crippen molar-refractivity contribution in [2.45, 2.75) is 25.6 Å². The van der Waals surface area contributed by atoms with Gasteiger partial charge in [-0.1, -0.05) is 18.2 Å². The molecule has 1 atom stereocenters. The number of aromatic nitrogens is 2. The molecule has 134 valence electrons. The number of fused-ring (bicyclic) bond motifs is 1. The molecular formula is C14H12F3N3O5. The number of imidazole rings is 1. The summed E-state index contributed by atoms with van der Waals surface area (Å²) in [6.07, 6.45) is -4.08. The summed E-state index contributed by atoms with van der Waals surface area (Å²) in [5, 5.41) is 10.7. The Morgan fingerprint density at radius 3 is 2.88 bits per heavy atom. The second kappa shape index (κ2) is 6.59. The molecule has 1 aromatic heterocycles. The molecule has 0 amide bonds. The first-order valence-electron chi connectivity index (χ1n) is 7.11. The van der Waals surface area contributed by atoms with Crippen LogP contribution in [0.5, 0.6) is 11.8 Å². The van der Waals surface area contributed by atoms with E-state index in [1.807, 2.05) is 0 Å². The Kier molecular flexibility index (Phi) is 4.49. The van der Waals surface area contributed by atoms with Crippen LogP contribution >= 0.6 is 0 Å². The van der Waals surface area contributed by atoms with Crippen LogP contribution in [0, 0.1) is 10.1 Å². The fraction of sp³-hybridized carbons (Fsp3) is 0.357. The smallest absolute Gasteiger partial charge is 0.443 e. The zero-order valence-electron chi connectivity index (χ0n) is 12.6. The average Bonchev–Trinajstić information content (AvgIpc) is 2.96. The van der Waals surface area contributed by atoms with Crippen LogP contribution < -0.4 is 9.47 Å². The lowest BCUT2D eigenvalue weighted by atomic mass is 10.2. The first-order chi connectivity index (χ1) is 11.8. The maximum atomic E-state index is 12.4. The van der Waals surface area contributed by atoms with Gasteiger partial charge in [-0.3, -0.25) is 4.57 Å². The van der Waals surface area contributed by atoms with Gasteiger partial charge in [-0.05, 0) is 11.0 Å². The third kappa shape index (κ3) is 4.18. The van der Waals surface area contributed by atoms with Gasteiger partial charge in [0.25, 0.3) is 0 Å². The van der Waals surface area contributed by atoms with Crippen molar-refractivity contribution >= 4 is 5.82 Å². The Morgan fingerprint density at radius 2 is 2.16 bits per heavy atom. The van der Waals surface area contributed by atoms with E-state index in [0.717, 1.165) is 0 Å². The minimum Gasteiger partial charge on any atom is -0.443 e. The Balaban J connectivity index is 1.64. The van der Waals surface area contributed by atoms with E-state index in [4.69, 9.17) is 9.47 Å². The first-order valence-corrected chi connectivity index (χ1v) is 7.11. The molecule has 0 radical (unpaired) electrons. The van der Waals surface area contributed by atoms with E-state index in [9.17, 15) is 23.3 Å². The van der Waals surface area contributed by atoms with Gasteiger partial charge in [0.2, 0.25) is 0 Å². The van der Waals surface area contributed by atoms with Crippen molar-refractivity contribution in [3.05, 3.63) is 46.1 Å². The molecule has 1 aliphatic rings. The van der Waals surface area contributed by atoms with Crippen molar-refractivity contribution in [1.82, 2.24) is 9.55 Å². The molecule has 2 aromatic rings. The summed E-state index contributed by atoms with van der Waals surface area (Å²) >= 11 is 0. The Bertz CT molecular complexity index is 777. The van der Waals surface area contributed by atoms with Crippen molar-refractivity contribution in [1.29, 1.82) is 0 Å². The molecule has 0 N–H and O–H groups in total. The van der Waals surface area contributed by atoms with Crippen molar-refractivity contribution in [2.24, 2.45) is 0 Å². The number of ether oxygens (including phenoxy) is 3. The SMILES string of the molecule is O=[N+]([O-])c1cn2c(n1)OC[C@H](OCc1ccccc1OC(F)(F)F)C2. The number of nitro groups is 1. The molecule has 1 aliphatic heterocycles. The lowest BCUT2D eigenvalue weighted by molar-refractivity contribution is -0.389. The van der Waals surface area contributed by atoms with Crippen molar-refractivity contribution in [3.63, 3.8) is 0 Å². The Morgan fingerprint density at radius 1 is 1.40 bits per heavy atom. The molecule has 0 unspecified atom stereocenters. The minimum atomic E-state index is -4.80. The van der Waals surface area contributed by atoms with Crippen LogP contribution in [0.3, 0.4) is 0 Å². The van der Waals surface area contributed by atoms with Crippen molar-refractivity contribution in [3.8, 4) is 11.8 Å². The number of nitrogens with zero attached hydrogens (tertiary/aromatic N) is 3.